The topological polar surface area (TPSA) is 46.0 Å². The van der Waals surface area contributed by atoms with Crippen LogP contribution in [-0.4, -0.2) is 53.1 Å². The van der Waals surface area contributed by atoms with Crippen molar-refractivity contribution >= 4 is 0 Å². The van der Waals surface area contributed by atoms with E-state index in [2.05, 4.69) is 41.5 Å². The molecule has 1 unspecified atom stereocenters. The van der Waals surface area contributed by atoms with E-state index in [9.17, 15) is 0 Å². The number of nitrogens with one attached hydrogen (secondary N) is 1. The van der Waals surface area contributed by atoms with E-state index in [-0.39, 0.29) is 0 Å². The van der Waals surface area contributed by atoms with E-state index in [1.165, 1.54) is 0 Å². The van der Waals surface area contributed by atoms with Crippen LogP contribution in [0.25, 0.3) is 0 Å². The molecule has 0 spiro atoms. The van der Waals surface area contributed by atoms with Crippen LogP contribution in [0, 0.1) is 0 Å². The zero-order valence-electron chi connectivity index (χ0n) is 10.8. The maximum Gasteiger partial charge on any atom is 0.0842 e. The van der Waals surface area contributed by atoms with Crippen LogP contribution in [0.2, 0.25) is 0 Å². The second-order valence-corrected chi connectivity index (χ2v) is 4.43. The minimum atomic E-state index is 0.490. The van der Waals surface area contributed by atoms with Gasteiger partial charge in [0.15, 0.2) is 0 Å². The average molecular weight is 225 g/mol. The Kier molecular flexibility index (Phi) is 5.42. The van der Waals surface area contributed by atoms with Crippen LogP contribution in [0.3, 0.4) is 0 Å². The molecule has 1 aromatic heterocycles. The smallest absolute Gasteiger partial charge is 0.0842 e. The van der Waals surface area contributed by atoms with Crippen molar-refractivity contribution in [3.05, 3.63) is 11.9 Å². The molecule has 0 aliphatic heterocycles. The number of rotatable bonds is 7. The first-order valence-electron chi connectivity index (χ1n) is 5.85. The Morgan fingerprint density at radius 3 is 2.75 bits per heavy atom. The van der Waals surface area contributed by atoms with E-state index in [1.54, 1.807) is 4.68 Å². The maximum absolute atomic E-state index is 4.12. The van der Waals surface area contributed by atoms with Crippen LogP contribution >= 0.6 is 0 Å². The van der Waals surface area contributed by atoms with Crippen molar-refractivity contribution in [2.45, 2.75) is 25.8 Å². The van der Waals surface area contributed by atoms with E-state index < -0.39 is 0 Å². The quantitative estimate of drug-likeness (QED) is 0.724. The SMILES string of the molecule is CCNC(CCN(C)C)Cc1cn(C)nn1. The number of nitrogens with zero attached hydrogens (tertiary/aromatic N) is 4. The van der Waals surface area contributed by atoms with Crippen molar-refractivity contribution in [3.8, 4) is 0 Å². The summed E-state index contributed by atoms with van der Waals surface area (Å²) in [6, 6.07) is 0.490. The first kappa shape index (κ1) is 13.1. The molecule has 1 aromatic rings. The zero-order valence-corrected chi connectivity index (χ0v) is 10.8. The second kappa shape index (κ2) is 6.60. The molecule has 0 saturated carbocycles. The molecular weight excluding hydrogens is 202 g/mol. The molecule has 1 rings (SSSR count). The Balaban J connectivity index is 2.43. The standard InChI is InChI=1S/C11H23N5/c1-5-12-10(6-7-15(2)3)8-11-9-16(4)14-13-11/h9-10,12H,5-8H2,1-4H3. The predicted octanol–water partition coefficient (Wildman–Crippen LogP) is 0.287. The summed E-state index contributed by atoms with van der Waals surface area (Å²) in [5.74, 6) is 0. The van der Waals surface area contributed by atoms with Crippen molar-refractivity contribution in [1.29, 1.82) is 0 Å². The largest absolute Gasteiger partial charge is 0.314 e. The molecule has 0 aliphatic carbocycles. The van der Waals surface area contributed by atoms with Gasteiger partial charge in [0.2, 0.25) is 0 Å². The van der Waals surface area contributed by atoms with Gasteiger partial charge in [-0.05, 0) is 33.6 Å². The molecular formula is C11H23N5. The van der Waals surface area contributed by atoms with Crippen molar-refractivity contribution in [3.63, 3.8) is 0 Å². The Morgan fingerprint density at radius 2 is 2.25 bits per heavy atom. The summed E-state index contributed by atoms with van der Waals surface area (Å²) >= 11 is 0. The molecule has 1 heterocycles. The van der Waals surface area contributed by atoms with E-state index in [4.69, 9.17) is 0 Å². The van der Waals surface area contributed by atoms with Gasteiger partial charge < -0.3 is 10.2 Å². The van der Waals surface area contributed by atoms with Crippen molar-refractivity contribution in [1.82, 2.24) is 25.2 Å². The summed E-state index contributed by atoms with van der Waals surface area (Å²) in [6.07, 6.45) is 4.08. The Morgan fingerprint density at radius 1 is 1.50 bits per heavy atom. The fourth-order valence-electron chi connectivity index (χ4n) is 1.72. The average Bonchev–Trinajstić information content (AvgIpc) is 2.61. The Bertz CT molecular complexity index is 294. The molecule has 92 valence electrons. The fraction of sp³-hybridized carbons (Fsp3) is 0.818. The number of hydrogen-bond acceptors (Lipinski definition) is 4. The first-order valence-corrected chi connectivity index (χ1v) is 5.85. The van der Waals surface area contributed by atoms with Crippen molar-refractivity contribution < 1.29 is 0 Å². The minimum Gasteiger partial charge on any atom is -0.314 e. The number of likely N-dealkylation sites (N-methyl/N-ethyl adjacent to an activating group) is 1. The lowest BCUT2D eigenvalue weighted by molar-refractivity contribution is 0.357. The maximum atomic E-state index is 4.12. The molecule has 0 radical (unpaired) electrons. The predicted molar refractivity (Wildman–Crippen MR) is 65.3 cm³/mol. The third kappa shape index (κ3) is 4.72. The molecule has 0 aromatic carbocycles. The molecule has 5 nitrogen and oxygen atoms in total. The van der Waals surface area contributed by atoms with Crippen LogP contribution in [-0.2, 0) is 13.5 Å². The van der Waals surface area contributed by atoms with Gasteiger partial charge in [0, 0.05) is 25.7 Å². The molecule has 5 heteroatoms. The lowest BCUT2D eigenvalue weighted by atomic mass is 10.1. The number of aromatic nitrogens is 3. The minimum absolute atomic E-state index is 0.490. The van der Waals surface area contributed by atoms with E-state index in [0.717, 1.165) is 31.6 Å². The normalized spacial score (nSPS) is 13.3. The summed E-state index contributed by atoms with van der Waals surface area (Å²) in [7, 11) is 6.11. The van der Waals surface area contributed by atoms with Crippen LogP contribution in [0.4, 0.5) is 0 Å². The molecule has 0 aliphatic rings. The second-order valence-electron chi connectivity index (χ2n) is 4.43. The Hall–Kier alpha value is -0.940. The summed E-state index contributed by atoms with van der Waals surface area (Å²) in [5, 5.41) is 11.6. The third-order valence-electron chi connectivity index (χ3n) is 2.52. The highest BCUT2D eigenvalue weighted by atomic mass is 15.4. The summed E-state index contributed by atoms with van der Waals surface area (Å²) in [5.41, 5.74) is 1.06. The van der Waals surface area contributed by atoms with Gasteiger partial charge >= 0.3 is 0 Å². The summed E-state index contributed by atoms with van der Waals surface area (Å²) < 4.78 is 1.75. The fourth-order valence-corrected chi connectivity index (χ4v) is 1.72. The molecule has 0 fully saturated rings. The lowest BCUT2D eigenvalue weighted by Gasteiger charge is -2.18. The summed E-state index contributed by atoms with van der Waals surface area (Å²) in [4.78, 5) is 2.21. The highest BCUT2D eigenvalue weighted by molar-refractivity contribution is 4.95. The van der Waals surface area contributed by atoms with Crippen LogP contribution in [0.1, 0.15) is 19.0 Å². The van der Waals surface area contributed by atoms with Gasteiger partial charge in [-0.15, -0.1) is 5.10 Å². The number of aryl methyl sites for hydroxylation is 1. The molecule has 0 amide bonds. The molecule has 16 heavy (non-hydrogen) atoms. The summed E-state index contributed by atoms with van der Waals surface area (Å²) in [6.45, 7) is 4.23. The van der Waals surface area contributed by atoms with Crippen LogP contribution in [0.5, 0.6) is 0 Å². The highest BCUT2D eigenvalue weighted by Gasteiger charge is 2.10. The van der Waals surface area contributed by atoms with Gasteiger partial charge in [-0.2, -0.15) is 0 Å². The van der Waals surface area contributed by atoms with Crippen molar-refractivity contribution in [2.75, 3.05) is 27.2 Å². The molecule has 1 atom stereocenters. The van der Waals surface area contributed by atoms with Gasteiger partial charge in [-0.1, -0.05) is 12.1 Å². The zero-order chi connectivity index (χ0) is 12.0. The first-order chi connectivity index (χ1) is 7.61. The Labute approximate surface area is 97.8 Å². The van der Waals surface area contributed by atoms with Gasteiger partial charge in [0.1, 0.15) is 0 Å². The van der Waals surface area contributed by atoms with Gasteiger partial charge in [0.05, 0.1) is 5.69 Å². The van der Waals surface area contributed by atoms with Crippen LogP contribution in [0.15, 0.2) is 6.20 Å². The number of hydrogen-bond donors (Lipinski definition) is 1. The monoisotopic (exact) mass is 225 g/mol. The van der Waals surface area contributed by atoms with Gasteiger partial charge in [0.25, 0.3) is 0 Å². The van der Waals surface area contributed by atoms with E-state index in [0.29, 0.717) is 6.04 Å². The van der Waals surface area contributed by atoms with Crippen molar-refractivity contribution in [2.24, 2.45) is 7.05 Å². The van der Waals surface area contributed by atoms with E-state index >= 15 is 0 Å². The van der Waals surface area contributed by atoms with Crippen LogP contribution < -0.4 is 5.32 Å². The molecule has 1 N–H and O–H groups in total. The molecule has 0 saturated heterocycles. The lowest BCUT2D eigenvalue weighted by Crippen LogP contribution is -2.34. The molecule has 0 bridgehead atoms. The van der Waals surface area contributed by atoms with Gasteiger partial charge in [-0.3, -0.25) is 4.68 Å². The van der Waals surface area contributed by atoms with E-state index in [1.807, 2.05) is 13.2 Å². The third-order valence-corrected chi connectivity index (χ3v) is 2.52. The van der Waals surface area contributed by atoms with Gasteiger partial charge in [-0.25, -0.2) is 0 Å². The highest BCUT2D eigenvalue weighted by Crippen LogP contribution is 2.02.